The van der Waals surface area contributed by atoms with Gasteiger partial charge in [0.05, 0.1) is 23.7 Å². The van der Waals surface area contributed by atoms with E-state index in [0.717, 1.165) is 10.5 Å². The summed E-state index contributed by atoms with van der Waals surface area (Å²) in [5.74, 6) is -4.41. The van der Waals surface area contributed by atoms with Crippen LogP contribution in [0.4, 0.5) is 27.9 Å². The lowest BCUT2D eigenvalue weighted by molar-refractivity contribution is -0.138. The van der Waals surface area contributed by atoms with E-state index in [-0.39, 0.29) is 24.0 Å². The number of aromatic nitrogens is 6. The van der Waals surface area contributed by atoms with Crippen molar-refractivity contribution in [2.24, 2.45) is 13.0 Å². The zero-order valence-electron chi connectivity index (χ0n) is 19.6. The molecule has 0 spiro atoms. The lowest BCUT2D eigenvalue weighted by Gasteiger charge is -2.43. The Balaban J connectivity index is 1.60. The van der Waals surface area contributed by atoms with Gasteiger partial charge in [-0.2, -0.15) is 18.3 Å². The molecule has 2 atom stereocenters. The number of halogens is 5. The number of anilines is 1. The maximum absolute atomic E-state index is 14.6. The van der Waals surface area contributed by atoms with Crippen LogP contribution in [-0.2, 0) is 13.2 Å². The third-order valence-electron chi connectivity index (χ3n) is 5.84. The first-order valence-electron chi connectivity index (χ1n) is 11.0. The van der Waals surface area contributed by atoms with Crippen LogP contribution in [-0.4, -0.2) is 65.6 Å². The maximum atomic E-state index is 14.6. The van der Waals surface area contributed by atoms with Crippen LogP contribution >= 0.6 is 0 Å². The van der Waals surface area contributed by atoms with Gasteiger partial charge in [0.25, 0.3) is 11.8 Å². The molecule has 0 saturated carbocycles. The van der Waals surface area contributed by atoms with Gasteiger partial charge in [-0.1, -0.05) is 6.92 Å². The summed E-state index contributed by atoms with van der Waals surface area (Å²) >= 11 is 0. The molecule has 4 rings (SSSR count). The van der Waals surface area contributed by atoms with E-state index in [4.69, 9.17) is 0 Å². The minimum Gasteiger partial charge on any atom is -0.352 e. The third-order valence-corrected chi connectivity index (χ3v) is 5.84. The van der Waals surface area contributed by atoms with Gasteiger partial charge in [-0.15, -0.1) is 0 Å². The monoisotopic (exact) mass is 510 g/mol. The highest BCUT2D eigenvalue weighted by Gasteiger charge is 2.47. The van der Waals surface area contributed by atoms with Crippen molar-refractivity contribution in [3.8, 4) is 11.4 Å². The average molecular weight is 510 g/mol. The number of amides is 1. The van der Waals surface area contributed by atoms with Crippen molar-refractivity contribution in [3.05, 3.63) is 47.8 Å². The smallest absolute Gasteiger partial charge is 0.352 e. The molecule has 1 aliphatic rings. The quantitative estimate of drug-likeness (QED) is 0.524. The molecule has 1 aliphatic heterocycles. The van der Waals surface area contributed by atoms with Gasteiger partial charge in [0, 0.05) is 51.0 Å². The van der Waals surface area contributed by atoms with Gasteiger partial charge in [0.2, 0.25) is 5.95 Å². The first kappa shape index (κ1) is 25.4. The van der Waals surface area contributed by atoms with Crippen molar-refractivity contribution in [2.75, 3.05) is 18.4 Å². The fourth-order valence-electron chi connectivity index (χ4n) is 4.12. The third kappa shape index (κ3) is 5.41. The number of alkyl halides is 5. The Bertz CT molecular complexity index is 1230. The highest BCUT2D eigenvalue weighted by atomic mass is 19.4. The van der Waals surface area contributed by atoms with Gasteiger partial charge in [0.15, 0.2) is 11.5 Å². The van der Waals surface area contributed by atoms with Crippen LogP contribution in [0.5, 0.6) is 0 Å². The van der Waals surface area contributed by atoms with Crippen molar-refractivity contribution in [1.82, 2.24) is 34.6 Å². The highest BCUT2D eigenvalue weighted by molar-refractivity contribution is 5.98. The lowest BCUT2D eigenvalue weighted by atomic mass is 9.88. The van der Waals surface area contributed by atoms with E-state index in [9.17, 15) is 26.7 Å². The topological polar surface area (TPSA) is 102 Å². The van der Waals surface area contributed by atoms with Crippen LogP contribution in [0.1, 0.15) is 35.0 Å². The SMILES string of the molecule is Cc1cnc(-c2cn(C)nc2C(=O)N2CC(F)(F)CC(C)C2CNc2ncc(C(F)(F)F)cn2)nc1. The Morgan fingerprint density at radius 1 is 1.14 bits per heavy atom. The number of hydrogen-bond donors (Lipinski definition) is 1. The number of likely N-dealkylation sites (tertiary alicyclic amines) is 1. The Hall–Kier alpha value is -3.71. The molecule has 14 heteroatoms. The molecule has 3 aromatic rings. The van der Waals surface area contributed by atoms with Gasteiger partial charge in [-0.05, 0) is 18.4 Å². The molecule has 0 aliphatic carbocycles. The molecule has 0 radical (unpaired) electrons. The van der Waals surface area contributed by atoms with E-state index in [0.29, 0.717) is 18.0 Å². The summed E-state index contributed by atoms with van der Waals surface area (Å²) in [6, 6.07) is -0.739. The van der Waals surface area contributed by atoms with Crippen LogP contribution in [0.25, 0.3) is 11.4 Å². The molecule has 36 heavy (non-hydrogen) atoms. The molecule has 1 amide bonds. The molecular formula is C22H23F5N8O. The van der Waals surface area contributed by atoms with E-state index in [1.54, 1.807) is 33.3 Å². The predicted octanol–water partition coefficient (Wildman–Crippen LogP) is 3.59. The largest absolute Gasteiger partial charge is 0.419 e. The summed E-state index contributed by atoms with van der Waals surface area (Å²) in [4.78, 5) is 30.3. The molecule has 1 fully saturated rings. The number of piperidine rings is 1. The van der Waals surface area contributed by atoms with E-state index in [1.807, 2.05) is 0 Å². The standard InChI is InChI=1S/C22H23F5N8O/c1-12-5-28-18(29-6-12)15-10-34(3)33-17(15)19(36)35-11-21(23,24)4-13(2)16(35)9-32-20-30-7-14(8-31-20)22(25,26)27/h5-8,10,13,16H,4,9,11H2,1-3H3,(H,30,31,32). The first-order chi connectivity index (χ1) is 16.8. The van der Waals surface area contributed by atoms with Crippen molar-refractivity contribution >= 4 is 11.9 Å². The summed E-state index contributed by atoms with van der Waals surface area (Å²) < 4.78 is 68.8. The Kier molecular flexibility index (Phi) is 6.62. The van der Waals surface area contributed by atoms with Crippen LogP contribution in [0.2, 0.25) is 0 Å². The summed E-state index contributed by atoms with van der Waals surface area (Å²) in [5.41, 5.74) is -0.00275. The van der Waals surface area contributed by atoms with Crippen LogP contribution < -0.4 is 5.32 Å². The highest BCUT2D eigenvalue weighted by Crippen LogP contribution is 2.36. The van der Waals surface area contributed by atoms with E-state index in [2.05, 4.69) is 30.4 Å². The van der Waals surface area contributed by atoms with Gasteiger partial charge in [0.1, 0.15) is 0 Å². The fourth-order valence-corrected chi connectivity index (χ4v) is 4.12. The molecule has 4 heterocycles. The summed E-state index contributed by atoms with van der Waals surface area (Å²) in [5, 5.41) is 6.96. The molecule has 2 unspecified atom stereocenters. The number of carbonyl (C=O) groups excluding carboxylic acids is 1. The number of carbonyl (C=O) groups is 1. The van der Waals surface area contributed by atoms with E-state index in [1.165, 1.54) is 10.9 Å². The first-order valence-corrected chi connectivity index (χ1v) is 11.0. The van der Waals surface area contributed by atoms with Crippen molar-refractivity contribution < 1.29 is 26.7 Å². The summed E-state index contributed by atoms with van der Waals surface area (Å²) in [6.07, 6.45) is 0.860. The van der Waals surface area contributed by atoms with E-state index >= 15 is 0 Å². The number of nitrogens with one attached hydrogen (secondary N) is 1. The fraction of sp³-hybridized carbons (Fsp3) is 0.455. The van der Waals surface area contributed by atoms with Gasteiger partial charge in [-0.3, -0.25) is 9.48 Å². The predicted molar refractivity (Wildman–Crippen MR) is 118 cm³/mol. The summed E-state index contributed by atoms with van der Waals surface area (Å²) in [7, 11) is 1.59. The minimum absolute atomic E-state index is 0.0580. The van der Waals surface area contributed by atoms with Crippen LogP contribution in [0, 0.1) is 12.8 Å². The van der Waals surface area contributed by atoms with Crippen molar-refractivity contribution in [2.45, 2.75) is 38.4 Å². The van der Waals surface area contributed by atoms with Crippen LogP contribution in [0.3, 0.4) is 0 Å². The molecule has 1 N–H and O–H groups in total. The molecule has 3 aromatic heterocycles. The molecule has 0 bridgehead atoms. The van der Waals surface area contributed by atoms with Gasteiger partial charge >= 0.3 is 6.18 Å². The van der Waals surface area contributed by atoms with Crippen LogP contribution in [0.15, 0.2) is 31.0 Å². The molecule has 9 nitrogen and oxygen atoms in total. The zero-order valence-corrected chi connectivity index (χ0v) is 19.6. The Morgan fingerprint density at radius 3 is 2.39 bits per heavy atom. The number of rotatable bonds is 5. The van der Waals surface area contributed by atoms with Crippen molar-refractivity contribution in [1.29, 1.82) is 0 Å². The number of nitrogens with zero attached hydrogens (tertiary/aromatic N) is 7. The maximum Gasteiger partial charge on any atom is 0.419 e. The van der Waals surface area contributed by atoms with Gasteiger partial charge < -0.3 is 10.2 Å². The molecule has 0 aromatic carbocycles. The minimum atomic E-state index is -4.59. The Morgan fingerprint density at radius 2 is 1.78 bits per heavy atom. The zero-order chi connectivity index (χ0) is 26.3. The molecule has 1 saturated heterocycles. The lowest BCUT2D eigenvalue weighted by Crippen LogP contribution is -2.57. The van der Waals surface area contributed by atoms with E-state index < -0.39 is 48.5 Å². The normalized spacial score (nSPS) is 19.8. The number of aryl methyl sites for hydroxylation is 2. The Labute approximate surface area is 202 Å². The second-order valence-corrected chi connectivity index (χ2v) is 8.86. The average Bonchev–Trinajstić information content (AvgIpc) is 3.19. The number of hydrogen-bond acceptors (Lipinski definition) is 7. The second-order valence-electron chi connectivity index (χ2n) is 8.86. The molecular weight excluding hydrogens is 487 g/mol. The molecule has 192 valence electrons. The second kappa shape index (κ2) is 9.39. The summed E-state index contributed by atoms with van der Waals surface area (Å²) in [6.45, 7) is 2.47. The van der Waals surface area contributed by atoms with Gasteiger partial charge in [-0.25, -0.2) is 28.7 Å². The van der Waals surface area contributed by atoms with Crippen molar-refractivity contribution in [3.63, 3.8) is 0 Å².